The molecule has 134 valence electrons. The van der Waals surface area contributed by atoms with E-state index < -0.39 is 0 Å². The number of carbonyl (C=O) groups excluding carboxylic acids is 1. The molecule has 25 heavy (non-hydrogen) atoms. The van der Waals surface area contributed by atoms with Crippen molar-refractivity contribution in [2.75, 3.05) is 11.9 Å². The summed E-state index contributed by atoms with van der Waals surface area (Å²) in [5.74, 6) is 3.41. The third kappa shape index (κ3) is 3.63. The summed E-state index contributed by atoms with van der Waals surface area (Å²) in [5, 5.41) is 10.0. The second kappa shape index (κ2) is 6.33. The summed E-state index contributed by atoms with van der Waals surface area (Å²) in [5.41, 5.74) is 2.50. The first-order valence-corrected chi connectivity index (χ1v) is 9.15. The normalized spacial score (nSPS) is 22.4. The first-order valence-electron chi connectivity index (χ1n) is 9.15. The van der Waals surface area contributed by atoms with Crippen LogP contribution in [0.1, 0.15) is 55.0 Å². The van der Waals surface area contributed by atoms with E-state index in [1.807, 2.05) is 13.8 Å². The van der Waals surface area contributed by atoms with Crippen molar-refractivity contribution in [2.24, 2.45) is 5.92 Å². The second-order valence-corrected chi connectivity index (χ2v) is 7.62. The van der Waals surface area contributed by atoms with E-state index >= 15 is 0 Å². The molecule has 6 nitrogen and oxygen atoms in total. The number of anilines is 1. The number of nitrogens with one attached hydrogen (secondary N) is 2. The fraction of sp³-hybridized carbons (Fsp3) is 0.579. The summed E-state index contributed by atoms with van der Waals surface area (Å²) in [4.78, 5) is 14.7. The summed E-state index contributed by atoms with van der Waals surface area (Å²) in [7, 11) is 0. The van der Waals surface area contributed by atoms with E-state index in [9.17, 15) is 4.79 Å². The van der Waals surface area contributed by atoms with Crippen LogP contribution in [0.2, 0.25) is 0 Å². The lowest BCUT2D eigenvalue weighted by atomic mass is 10.3. The molecule has 0 saturated heterocycles. The number of nitrogens with zero attached hydrogens (tertiary/aromatic N) is 2. The van der Waals surface area contributed by atoms with Crippen molar-refractivity contribution in [3.63, 3.8) is 0 Å². The minimum Gasteiger partial charge on any atom is -0.464 e. The number of aryl methyl sites for hydroxylation is 2. The van der Waals surface area contributed by atoms with E-state index in [1.165, 1.54) is 6.42 Å². The molecule has 2 saturated carbocycles. The minimum atomic E-state index is 0.00194. The molecule has 4 rings (SSSR count). The van der Waals surface area contributed by atoms with Crippen molar-refractivity contribution < 1.29 is 9.21 Å². The first kappa shape index (κ1) is 16.4. The van der Waals surface area contributed by atoms with Crippen molar-refractivity contribution in [3.8, 4) is 0 Å². The van der Waals surface area contributed by atoms with Crippen molar-refractivity contribution in [2.45, 2.75) is 58.5 Å². The van der Waals surface area contributed by atoms with Crippen LogP contribution in [0.4, 0.5) is 5.69 Å². The highest BCUT2D eigenvalue weighted by atomic mass is 16.3. The SMILES string of the molecule is Cc1n[nH]c(C)c1NC(=O)CN(Cc1ccc(C2CC2C)o1)C1CC1. The van der Waals surface area contributed by atoms with Crippen molar-refractivity contribution in [1.82, 2.24) is 15.1 Å². The largest absolute Gasteiger partial charge is 0.464 e. The topological polar surface area (TPSA) is 74.2 Å². The average Bonchev–Trinajstić information content (AvgIpc) is 3.48. The molecular weight excluding hydrogens is 316 g/mol. The highest BCUT2D eigenvalue weighted by Gasteiger charge is 2.37. The van der Waals surface area contributed by atoms with E-state index in [4.69, 9.17) is 4.42 Å². The average molecular weight is 342 g/mol. The van der Waals surface area contributed by atoms with Gasteiger partial charge in [0.2, 0.25) is 5.91 Å². The van der Waals surface area contributed by atoms with Crippen LogP contribution < -0.4 is 5.32 Å². The molecular formula is C19H26N4O2. The Labute approximate surface area is 148 Å². The van der Waals surface area contributed by atoms with Gasteiger partial charge in [-0.3, -0.25) is 14.8 Å². The van der Waals surface area contributed by atoms with Gasteiger partial charge in [-0.25, -0.2) is 0 Å². The standard InChI is InChI=1S/C19H26N4O2/c1-11-8-16(11)17-7-6-15(25-17)9-23(14-4-5-14)10-18(24)20-19-12(2)21-22-13(19)3/h6-7,11,14,16H,4-5,8-10H2,1-3H3,(H,20,24)(H,21,22). The lowest BCUT2D eigenvalue weighted by Crippen LogP contribution is -2.34. The molecule has 2 fully saturated rings. The zero-order valence-corrected chi connectivity index (χ0v) is 15.1. The van der Waals surface area contributed by atoms with E-state index in [0.29, 0.717) is 25.0 Å². The number of hydrogen-bond acceptors (Lipinski definition) is 4. The fourth-order valence-electron chi connectivity index (χ4n) is 3.45. The maximum Gasteiger partial charge on any atom is 0.238 e. The number of H-pyrrole nitrogens is 1. The van der Waals surface area contributed by atoms with Crippen LogP contribution in [0, 0.1) is 19.8 Å². The summed E-state index contributed by atoms with van der Waals surface area (Å²) >= 11 is 0. The van der Waals surface area contributed by atoms with Gasteiger partial charge >= 0.3 is 0 Å². The monoisotopic (exact) mass is 342 g/mol. The Kier molecular flexibility index (Phi) is 4.15. The lowest BCUT2D eigenvalue weighted by Gasteiger charge is -2.20. The second-order valence-electron chi connectivity index (χ2n) is 7.62. The van der Waals surface area contributed by atoms with Gasteiger partial charge in [0.05, 0.1) is 30.2 Å². The Hall–Kier alpha value is -2.08. The first-order chi connectivity index (χ1) is 12.0. The highest BCUT2D eigenvalue weighted by molar-refractivity contribution is 5.93. The van der Waals surface area contributed by atoms with E-state index in [0.717, 1.165) is 47.4 Å². The molecule has 2 atom stereocenters. The molecule has 0 aliphatic heterocycles. The molecule has 2 aliphatic rings. The molecule has 6 heteroatoms. The molecule has 2 heterocycles. The van der Waals surface area contributed by atoms with Gasteiger partial charge in [0.25, 0.3) is 0 Å². The van der Waals surface area contributed by atoms with Gasteiger partial charge in [0.1, 0.15) is 11.5 Å². The zero-order chi connectivity index (χ0) is 17.6. The molecule has 0 bridgehead atoms. The Morgan fingerprint density at radius 3 is 2.76 bits per heavy atom. The third-order valence-corrected chi connectivity index (χ3v) is 5.32. The van der Waals surface area contributed by atoms with Gasteiger partial charge in [-0.2, -0.15) is 5.10 Å². The number of rotatable bonds is 7. The predicted octanol–water partition coefficient (Wildman–Crippen LogP) is 3.35. The van der Waals surface area contributed by atoms with Crippen molar-refractivity contribution in [1.29, 1.82) is 0 Å². The van der Waals surface area contributed by atoms with Gasteiger partial charge in [-0.15, -0.1) is 0 Å². The molecule has 0 spiro atoms. The van der Waals surface area contributed by atoms with E-state index in [1.54, 1.807) is 0 Å². The summed E-state index contributed by atoms with van der Waals surface area (Å²) in [6.45, 7) is 7.14. The fourth-order valence-corrected chi connectivity index (χ4v) is 3.45. The highest BCUT2D eigenvalue weighted by Crippen LogP contribution is 2.47. The van der Waals surface area contributed by atoms with Crippen LogP contribution in [0.5, 0.6) is 0 Å². The van der Waals surface area contributed by atoms with Crippen LogP contribution in [0.15, 0.2) is 16.5 Å². The van der Waals surface area contributed by atoms with Crippen LogP contribution in [0.3, 0.4) is 0 Å². The number of furan rings is 1. The smallest absolute Gasteiger partial charge is 0.238 e. The maximum atomic E-state index is 12.5. The molecule has 0 radical (unpaired) electrons. The molecule has 2 aromatic rings. The maximum absolute atomic E-state index is 12.5. The number of aromatic nitrogens is 2. The summed E-state index contributed by atoms with van der Waals surface area (Å²) in [6, 6.07) is 4.66. The van der Waals surface area contributed by atoms with Crippen LogP contribution in [-0.2, 0) is 11.3 Å². The van der Waals surface area contributed by atoms with Crippen LogP contribution in [-0.4, -0.2) is 33.6 Å². The Morgan fingerprint density at radius 1 is 1.40 bits per heavy atom. The quantitative estimate of drug-likeness (QED) is 0.809. The zero-order valence-electron chi connectivity index (χ0n) is 15.1. The van der Waals surface area contributed by atoms with Gasteiger partial charge < -0.3 is 9.73 Å². The molecule has 2 N–H and O–H groups in total. The van der Waals surface area contributed by atoms with Crippen molar-refractivity contribution >= 4 is 11.6 Å². The van der Waals surface area contributed by atoms with Crippen molar-refractivity contribution in [3.05, 3.63) is 35.0 Å². The Balaban J connectivity index is 1.38. The van der Waals surface area contributed by atoms with Gasteiger partial charge in [0.15, 0.2) is 0 Å². The van der Waals surface area contributed by atoms with Crippen LogP contribution in [0.25, 0.3) is 0 Å². The molecule has 2 aliphatic carbocycles. The summed E-state index contributed by atoms with van der Waals surface area (Å²) in [6.07, 6.45) is 3.54. The van der Waals surface area contributed by atoms with Crippen LogP contribution >= 0.6 is 0 Å². The number of carbonyl (C=O) groups is 1. The molecule has 0 aromatic carbocycles. The predicted molar refractivity (Wildman–Crippen MR) is 95.4 cm³/mol. The number of aromatic amines is 1. The van der Waals surface area contributed by atoms with Gasteiger partial charge in [-0.1, -0.05) is 6.92 Å². The minimum absolute atomic E-state index is 0.00194. The van der Waals surface area contributed by atoms with Gasteiger partial charge in [-0.05, 0) is 51.2 Å². The Bertz CT molecular complexity index is 755. The van der Waals surface area contributed by atoms with E-state index in [-0.39, 0.29) is 5.91 Å². The van der Waals surface area contributed by atoms with E-state index in [2.05, 4.69) is 39.5 Å². The number of amides is 1. The number of hydrogen-bond donors (Lipinski definition) is 2. The summed E-state index contributed by atoms with van der Waals surface area (Å²) < 4.78 is 6.02. The van der Waals surface area contributed by atoms with Gasteiger partial charge in [0, 0.05) is 12.0 Å². The lowest BCUT2D eigenvalue weighted by molar-refractivity contribution is -0.117. The Morgan fingerprint density at radius 2 is 2.16 bits per heavy atom. The third-order valence-electron chi connectivity index (χ3n) is 5.32. The molecule has 2 unspecified atom stereocenters. The molecule has 2 aromatic heterocycles. The molecule has 1 amide bonds.